The third kappa shape index (κ3) is 9.22. The molecule has 4 saturated heterocycles. The van der Waals surface area contributed by atoms with E-state index in [2.05, 4.69) is 67.5 Å². The number of nitrogens with zero attached hydrogens (tertiary/aromatic N) is 7. The molecule has 0 radical (unpaired) electrons. The number of aromatic nitrogens is 3. The van der Waals surface area contributed by atoms with Crippen molar-refractivity contribution in [3.63, 3.8) is 0 Å². The Morgan fingerprint density at radius 3 is 2.49 bits per heavy atom. The number of hydrogen-bond acceptors (Lipinski definition) is 13. The van der Waals surface area contributed by atoms with Gasteiger partial charge in [0.25, 0.3) is 21.6 Å². The Morgan fingerprint density at radius 1 is 0.985 bits per heavy atom. The highest BCUT2D eigenvalue weighted by Gasteiger charge is 2.50. The molecule has 5 fully saturated rings. The van der Waals surface area contributed by atoms with Crippen LogP contribution in [-0.4, -0.2) is 116 Å². The Kier molecular flexibility index (Phi) is 12.4. The molecule has 5 aromatic rings. The summed E-state index contributed by atoms with van der Waals surface area (Å²) >= 11 is 0. The number of carbonyl (C=O) groups excluding carboxylic acids is 1. The molecule has 7 heterocycles. The molecule has 3 aromatic heterocycles. The van der Waals surface area contributed by atoms with Crippen LogP contribution in [0.15, 0.2) is 84.1 Å². The molecular weight excluding hydrogens is 871 g/mol. The van der Waals surface area contributed by atoms with Gasteiger partial charge in [-0.25, -0.2) is 23.1 Å². The fraction of sp³-hybridized carbons (Fsp3) is 0.500. The van der Waals surface area contributed by atoms with Gasteiger partial charge >= 0.3 is 0 Å². The van der Waals surface area contributed by atoms with Crippen molar-refractivity contribution in [1.82, 2.24) is 29.5 Å². The zero-order valence-electron chi connectivity index (χ0n) is 38.6. The summed E-state index contributed by atoms with van der Waals surface area (Å²) in [5.74, 6) is 0.914. The first-order chi connectivity index (χ1) is 32.3. The van der Waals surface area contributed by atoms with Gasteiger partial charge in [-0.3, -0.25) is 24.7 Å². The summed E-state index contributed by atoms with van der Waals surface area (Å²) in [6.45, 7) is 11.3. The lowest BCUT2D eigenvalue weighted by molar-refractivity contribution is -0.384. The number of rotatable bonds is 14. The Morgan fingerprint density at radius 2 is 1.76 bits per heavy atom. The summed E-state index contributed by atoms with van der Waals surface area (Å²) in [7, 11) is -2.80. The number of nitrogens with one attached hydrogen (secondary N) is 2. The second-order valence-electron chi connectivity index (χ2n) is 19.8. The molecular formula is C50H61N9O7S. The maximum absolute atomic E-state index is 14.0. The van der Waals surface area contributed by atoms with Crippen molar-refractivity contribution in [2.75, 3.05) is 69.3 Å². The van der Waals surface area contributed by atoms with Crippen LogP contribution in [0.5, 0.6) is 11.5 Å². The van der Waals surface area contributed by atoms with Gasteiger partial charge in [-0.2, -0.15) is 0 Å². The minimum atomic E-state index is -4.58. The highest BCUT2D eigenvalue weighted by atomic mass is 32.2. The topological polar surface area (TPSA) is 179 Å². The molecule has 1 aliphatic carbocycles. The fourth-order valence-electron chi connectivity index (χ4n) is 11.4. The van der Waals surface area contributed by atoms with Gasteiger partial charge in [0.1, 0.15) is 34.2 Å². The predicted molar refractivity (Wildman–Crippen MR) is 256 cm³/mol. The van der Waals surface area contributed by atoms with Gasteiger partial charge in [0.05, 0.1) is 35.3 Å². The highest BCUT2D eigenvalue weighted by Crippen LogP contribution is 2.54. The standard InChI is InChI=1S/C50H61N9O7S/c1-33(2)40-7-4-5-8-41(40)43-9-6-18-58(43)36-26-50(27-36)15-21-57(22-16-50)47-25-46(66-38-23-35-12-17-51-48(35)53-28-38)42(29-52-47)49(60)54-67(63,64)39-10-11-44(45(24-39)59(61)62)55(3)30-34-13-19-56(20-14-34)37-31-65-32-37/h4-5,7-8,10-12,17,23-25,28-29,33-34,36-37,43H,6,9,13-16,18-22,26-27,30-32H2,1-3H3,(H,51,53)(H,54,60)/t43-/m0/s1. The highest BCUT2D eigenvalue weighted by molar-refractivity contribution is 7.90. The van der Waals surface area contributed by atoms with Crippen LogP contribution in [0.1, 0.15) is 98.7 Å². The number of benzene rings is 2. The summed E-state index contributed by atoms with van der Waals surface area (Å²) < 4.78 is 41.6. The molecule has 2 N–H and O–H groups in total. The molecule has 1 saturated carbocycles. The number of nitro groups is 1. The molecule has 4 aliphatic heterocycles. The van der Waals surface area contributed by atoms with E-state index < -0.39 is 25.7 Å². The number of ether oxygens (including phenoxy) is 2. The first-order valence-corrected chi connectivity index (χ1v) is 25.4. The lowest BCUT2D eigenvalue weighted by Gasteiger charge is -2.56. The first kappa shape index (κ1) is 45.2. The van der Waals surface area contributed by atoms with Crippen LogP contribution < -0.4 is 19.3 Å². The SMILES string of the molecule is CC(C)c1ccccc1[C@@H]1CCCN1C1CC2(CCN(c3cc(Oc4cnc5[nH]ccc5c4)c(C(=O)NS(=O)(=O)c4ccc(N(C)CC5CCN(C6COC6)CC5)c([N+](=O)[O-])c4)cn3)CC2)C1. The van der Waals surface area contributed by atoms with Crippen molar-refractivity contribution < 1.29 is 27.6 Å². The number of piperidine rings is 2. The molecule has 1 spiro atoms. The molecule has 5 aliphatic rings. The third-order valence-corrected chi connectivity index (χ3v) is 16.7. The number of nitro benzene ring substituents is 1. The molecule has 0 bridgehead atoms. The van der Waals surface area contributed by atoms with Crippen LogP contribution in [0.2, 0.25) is 0 Å². The Hall–Kier alpha value is -5.62. The number of carbonyl (C=O) groups is 1. The van der Waals surface area contributed by atoms with Crippen molar-refractivity contribution in [2.45, 2.75) is 94.2 Å². The van der Waals surface area contributed by atoms with Crippen LogP contribution in [-0.2, 0) is 14.8 Å². The predicted octanol–water partition coefficient (Wildman–Crippen LogP) is 8.03. The van der Waals surface area contributed by atoms with E-state index in [0.717, 1.165) is 83.1 Å². The number of likely N-dealkylation sites (tertiary alicyclic amines) is 2. The van der Waals surface area contributed by atoms with Crippen molar-refractivity contribution >= 4 is 44.2 Å². The average molecular weight is 932 g/mol. The second kappa shape index (κ2) is 18.5. The van der Waals surface area contributed by atoms with Gasteiger partial charge in [-0.15, -0.1) is 0 Å². The number of pyridine rings is 2. The minimum Gasteiger partial charge on any atom is -0.455 e. The Bertz CT molecular complexity index is 2740. The van der Waals surface area contributed by atoms with E-state index in [1.165, 1.54) is 61.3 Å². The first-order valence-electron chi connectivity index (χ1n) is 23.9. The molecule has 354 valence electrons. The van der Waals surface area contributed by atoms with E-state index >= 15 is 0 Å². The van der Waals surface area contributed by atoms with Gasteiger partial charge in [-0.1, -0.05) is 38.1 Å². The van der Waals surface area contributed by atoms with E-state index in [9.17, 15) is 23.3 Å². The van der Waals surface area contributed by atoms with Gasteiger partial charge in [0.2, 0.25) is 0 Å². The lowest BCUT2D eigenvalue weighted by Crippen LogP contribution is -2.55. The number of sulfonamides is 1. The normalized spacial score (nSPS) is 20.8. The van der Waals surface area contributed by atoms with E-state index in [-0.39, 0.29) is 22.4 Å². The Balaban J connectivity index is 0.829. The zero-order valence-corrected chi connectivity index (χ0v) is 39.4. The summed E-state index contributed by atoms with van der Waals surface area (Å²) in [6, 6.07) is 19.6. The summed E-state index contributed by atoms with van der Waals surface area (Å²) in [6.07, 6.45) is 13.4. The van der Waals surface area contributed by atoms with Crippen LogP contribution in [0.3, 0.4) is 0 Å². The largest absolute Gasteiger partial charge is 0.455 e. The van der Waals surface area contributed by atoms with E-state index in [4.69, 9.17) is 14.5 Å². The molecule has 2 aromatic carbocycles. The minimum absolute atomic E-state index is 0.106. The molecule has 0 unspecified atom stereocenters. The van der Waals surface area contributed by atoms with E-state index in [1.54, 1.807) is 25.4 Å². The quantitative estimate of drug-likeness (QED) is 0.0808. The number of H-pyrrole nitrogens is 1. The molecule has 67 heavy (non-hydrogen) atoms. The average Bonchev–Trinajstić information content (AvgIpc) is 3.98. The number of hydrogen-bond donors (Lipinski definition) is 2. The summed E-state index contributed by atoms with van der Waals surface area (Å²) in [5.41, 5.74) is 3.73. The van der Waals surface area contributed by atoms with Crippen molar-refractivity contribution in [2.24, 2.45) is 11.3 Å². The van der Waals surface area contributed by atoms with Gasteiger partial charge in [0, 0.05) is 68.7 Å². The van der Waals surface area contributed by atoms with Crippen LogP contribution in [0.25, 0.3) is 11.0 Å². The smallest absolute Gasteiger partial charge is 0.293 e. The summed E-state index contributed by atoms with van der Waals surface area (Å²) in [4.78, 5) is 46.9. The van der Waals surface area contributed by atoms with Gasteiger partial charge in [-0.05, 0) is 124 Å². The lowest BCUT2D eigenvalue weighted by atomic mass is 9.60. The number of aromatic amines is 1. The maximum atomic E-state index is 14.0. The van der Waals surface area contributed by atoms with Crippen molar-refractivity contribution in [1.29, 1.82) is 0 Å². The number of fused-ring (bicyclic) bond motifs is 1. The molecule has 10 rings (SSSR count). The zero-order chi connectivity index (χ0) is 46.5. The molecule has 17 heteroatoms. The number of anilines is 2. The number of amides is 1. The third-order valence-electron chi connectivity index (χ3n) is 15.3. The Labute approximate surface area is 392 Å². The summed E-state index contributed by atoms with van der Waals surface area (Å²) in [5, 5.41) is 13.2. The van der Waals surface area contributed by atoms with Crippen LogP contribution in [0, 0.1) is 21.4 Å². The molecule has 1 amide bonds. The van der Waals surface area contributed by atoms with E-state index in [1.807, 2.05) is 11.0 Å². The molecule has 1 atom stereocenters. The molecule has 16 nitrogen and oxygen atoms in total. The van der Waals surface area contributed by atoms with Crippen molar-refractivity contribution in [3.8, 4) is 11.5 Å². The van der Waals surface area contributed by atoms with Crippen molar-refractivity contribution in [3.05, 3.63) is 106 Å². The van der Waals surface area contributed by atoms with Crippen LogP contribution in [0.4, 0.5) is 17.2 Å². The van der Waals surface area contributed by atoms with Gasteiger partial charge in [0.15, 0.2) is 0 Å². The van der Waals surface area contributed by atoms with Crippen LogP contribution >= 0.6 is 0 Å². The van der Waals surface area contributed by atoms with Gasteiger partial charge < -0.3 is 24.3 Å². The monoisotopic (exact) mass is 931 g/mol. The van der Waals surface area contributed by atoms with E-state index in [0.29, 0.717) is 59.4 Å². The maximum Gasteiger partial charge on any atom is 0.293 e. The second-order valence-corrected chi connectivity index (χ2v) is 21.5. The fourth-order valence-corrected chi connectivity index (χ4v) is 12.4.